The SMILES string of the molecule is COc1ccc(CNC2CCN(C)CC2)cc1-c1ccc(S(=O)(=O)NCc2cccnc2)s1.O=C(O)C(F)(F)F. The number of nitrogens with zero attached hydrogens (tertiary/aromatic N) is 2. The van der Waals surface area contributed by atoms with E-state index in [1.165, 1.54) is 11.3 Å². The highest BCUT2D eigenvalue weighted by Gasteiger charge is 2.38. The molecule has 1 saturated heterocycles. The molecule has 1 fully saturated rings. The minimum Gasteiger partial charge on any atom is -0.496 e. The van der Waals surface area contributed by atoms with Crippen LogP contribution in [0.1, 0.15) is 24.0 Å². The molecule has 4 rings (SSSR count). The first-order valence-electron chi connectivity index (χ1n) is 12.3. The van der Waals surface area contributed by atoms with Crippen molar-refractivity contribution in [3.63, 3.8) is 0 Å². The largest absolute Gasteiger partial charge is 0.496 e. The van der Waals surface area contributed by atoms with E-state index >= 15 is 0 Å². The van der Waals surface area contributed by atoms with Crippen molar-refractivity contribution < 1.29 is 36.2 Å². The maximum atomic E-state index is 12.8. The highest BCUT2D eigenvalue weighted by Crippen LogP contribution is 2.37. The number of halogens is 3. The summed E-state index contributed by atoms with van der Waals surface area (Å²) in [6.07, 6.45) is 0.530. The molecular weight excluding hydrogens is 569 g/mol. The minimum absolute atomic E-state index is 0.199. The van der Waals surface area contributed by atoms with Crippen LogP contribution in [0, 0.1) is 0 Å². The summed E-state index contributed by atoms with van der Waals surface area (Å²) in [4.78, 5) is 16.1. The van der Waals surface area contributed by atoms with Crippen molar-refractivity contribution in [1.29, 1.82) is 0 Å². The van der Waals surface area contributed by atoms with Crippen molar-refractivity contribution in [1.82, 2.24) is 19.9 Å². The molecule has 0 spiro atoms. The Balaban J connectivity index is 0.000000559. The Bertz CT molecular complexity index is 1360. The number of hydrogen-bond donors (Lipinski definition) is 3. The van der Waals surface area contributed by atoms with Crippen molar-refractivity contribution in [2.24, 2.45) is 0 Å². The average molecular weight is 601 g/mol. The van der Waals surface area contributed by atoms with Gasteiger partial charge in [0.05, 0.1) is 7.11 Å². The fraction of sp³-hybridized carbons (Fsp3) is 0.385. The zero-order valence-corrected chi connectivity index (χ0v) is 23.6. The first kappa shape index (κ1) is 31.5. The van der Waals surface area contributed by atoms with Gasteiger partial charge in [-0.2, -0.15) is 13.2 Å². The minimum atomic E-state index is -5.08. The van der Waals surface area contributed by atoms with Gasteiger partial charge < -0.3 is 20.1 Å². The van der Waals surface area contributed by atoms with Gasteiger partial charge in [-0.25, -0.2) is 17.9 Å². The lowest BCUT2D eigenvalue weighted by Crippen LogP contribution is -2.40. The first-order chi connectivity index (χ1) is 18.9. The van der Waals surface area contributed by atoms with Gasteiger partial charge in [0.25, 0.3) is 0 Å². The Labute approximate surface area is 235 Å². The number of hydrogen-bond acceptors (Lipinski definition) is 8. The van der Waals surface area contributed by atoms with E-state index in [4.69, 9.17) is 14.6 Å². The normalized spacial score (nSPS) is 14.8. The number of piperidine rings is 1. The van der Waals surface area contributed by atoms with Crippen molar-refractivity contribution in [2.75, 3.05) is 27.2 Å². The standard InChI is InChI=1S/C24H30N4O3S2.C2HF3O2/c1-28-12-9-20(10-13-28)26-16-18-5-6-22(31-2)21(14-18)23-7-8-24(32-23)33(29,30)27-17-19-4-3-11-25-15-19;3-2(4,5)1(6)7/h3-8,11,14-15,20,26-27H,9-10,12-13,16-17H2,1-2H3;(H,6,7). The fourth-order valence-corrected chi connectivity index (χ4v) is 6.28. The number of carboxylic acids is 1. The van der Waals surface area contributed by atoms with Gasteiger partial charge in [0.2, 0.25) is 10.0 Å². The number of alkyl halides is 3. The number of carboxylic acid groups (broad SMARTS) is 1. The Hall–Kier alpha value is -3.04. The molecular formula is C26H31F3N4O5S2. The van der Waals surface area contributed by atoms with E-state index in [1.54, 1.807) is 31.6 Å². The van der Waals surface area contributed by atoms with Gasteiger partial charge in [0, 0.05) is 42.0 Å². The molecule has 9 nitrogen and oxygen atoms in total. The van der Waals surface area contributed by atoms with Gasteiger partial charge in [-0.1, -0.05) is 12.1 Å². The smallest absolute Gasteiger partial charge is 0.490 e. The van der Waals surface area contributed by atoms with E-state index in [9.17, 15) is 21.6 Å². The lowest BCUT2D eigenvalue weighted by atomic mass is 10.0. The van der Waals surface area contributed by atoms with E-state index in [1.807, 2.05) is 18.2 Å². The molecule has 1 aromatic carbocycles. The van der Waals surface area contributed by atoms with Crippen LogP contribution in [-0.4, -0.2) is 68.8 Å². The maximum Gasteiger partial charge on any atom is 0.490 e. The van der Waals surface area contributed by atoms with E-state index in [2.05, 4.69) is 39.1 Å². The predicted molar refractivity (Wildman–Crippen MR) is 146 cm³/mol. The second-order valence-electron chi connectivity index (χ2n) is 9.10. The zero-order valence-electron chi connectivity index (χ0n) is 21.9. The van der Waals surface area contributed by atoms with Crippen LogP contribution in [0.4, 0.5) is 13.2 Å². The predicted octanol–water partition coefficient (Wildman–Crippen LogP) is 4.11. The molecule has 0 atom stereocenters. The number of ether oxygens (including phenoxy) is 1. The number of methoxy groups -OCH3 is 1. The summed E-state index contributed by atoms with van der Waals surface area (Å²) in [6, 6.07) is 13.7. The second-order valence-corrected chi connectivity index (χ2v) is 12.2. The van der Waals surface area contributed by atoms with Crippen molar-refractivity contribution in [3.8, 4) is 16.2 Å². The van der Waals surface area contributed by atoms with Crippen LogP contribution in [0.15, 0.2) is 59.1 Å². The van der Waals surface area contributed by atoms with E-state index in [-0.39, 0.29) is 10.8 Å². The third-order valence-corrected chi connectivity index (χ3v) is 9.13. The summed E-state index contributed by atoms with van der Waals surface area (Å²) < 4.78 is 65.8. The lowest BCUT2D eigenvalue weighted by Gasteiger charge is -2.29. The molecule has 0 saturated carbocycles. The molecule has 2 aromatic heterocycles. The first-order valence-corrected chi connectivity index (χ1v) is 14.6. The topological polar surface area (TPSA) is 121 Å². The van der Waals surface area contributed by atoms with Crippen LogP contribution in [0.3, 0.4) is 0 Å². The van der Waals surface area contributed by atoms with E-state index in [0.717, 1.165) is 59.8 Å². The molecule has 3 aromatic rings. The third kappa shape index (κ3) is 9.27. The molecule has 40 heavy (non-hydrogen) atoms. The Kier molecular flexibility index (Phi) is 11.0. The number of pyridine rings is 1. The number of aromatic nitrogens is 1. The van der Waals surface area contributed by atoms with Gasteiger partial charge >= 0.3 is 12.1 Å². The van der Waals surface area contributed by atoms with Crippen LogP contribution in [0.2, 0.25) is 0 Å². The van der Waals surface area contributed by atoms with Crippen LogP contribution in [-0.2, 0) is 27.9 Å². The zero-order chi connectivity index (χ0) is 29.3. The summed E-state index contributed by atoms with van der Waals surface area (Å²) in [6.45, 7) is 3.21. The van der Waals surface area contributed by atoms with Gasteiger partial charge in [-0.15, -0.1) is 11.3 Å². The molecule has 3 N–H and O–H groups in total. The Morgan fingerprint density at radius 3 is 2.45 bits per heavy atom. The molecule has 1 aliphatic rings. The van der Waals surface area contributed by atoms with Crippen molar-refractivity contribution >= 4 is 27.3 Å². The number of benzene rings is 1. The molecule has 0 aliphatic carbocycles. The summed E-state index contributed by atoms with van der Waals surface area (Å²) in [5.74, 6) is -2.03. The molecule has 0 amide bonds. The summed E-state index contributed by atoms with van der Waals surface area (Å²) in [5.41, 5.74) is 2.86. The number of thiophene rings is 1. The molecule has 218 valence electrons. The number of carbonyl (C=O) groups is 1. The molecule has 3 heterocycles. The van der Waals surface area contributed by atoms with E-state index < -0.39 is 22.2 Å². The summed E-state index contributed by atoms with van der Waals surface area (Å²) in [7, 11) is 0.176. The Morgan fingerprint density at radius 2 is 1.85 bits per heavy atom. The van der Waals surface area contributed by atoms with Gasteiger partial charge in [0.15, 0.2) is 0 Å². The third-order valence-electron chi connectivity index (χ3n) is 6.12. The number of likely N-dealkylation sites (tertiary alicyclic amines) is 1. The summed E-state index contributed by atoms with van der Waals surface area (Å²) >= 11 is 1.24. The molecule has 1 aliphatic heterocycles. The number of nitrogens with one attached hydrogen (secondary N) is 2. The molecule has 0 bridgehead atoms. The molecule has 0 unspecified atom stereocenters. The van der Waals surface area contributed by atoms with Gasteiger partial charge in [-0.3, -0.25) is 4.98 Å². The average Bonchev–Trinajstić information content (AvgIpc) is 3.43. The van der Waals surface area contributed by atoms with Gasteiger partial charge in [0.1, 0.15) is 9.96 Å². The van der Waals surface area contributed by atoms with E-state index in [0.29, 0.717) is 6.04 Å². The maximum absolute atomic E-state index is 12.8. The van der Waals surface area contributed by atoms with Crippen LogP contribution in [0.5, 0.6) is 5.75 Å². The van der Waals surface area contributed by atoms with Crippen molar-refractivity contribution in [3.05, 3.63) is 66.0 Å². The second kappa shape index (κ2) is 14.0. The number of sulfonamides is 1. The lowest BCUT2D eigenvalue weighted by molar-refractivity contribution is -0.192. The highest BCUT2D eigenvalue weighted by molar-refractivity contribution is 7.91. The van der Waals surface area contributed by atoms with Crippen LogP contribution in [0.25, 0.3) is 10.4 Å². The highest BCUT2D eigenvalue weighted by atomic mass is 32.2. The van der Waals surface area contributed by atoms with Crippen LogP contribution < -0.4 is 14.8 Å². The van der Waals surface area contributed by atoms with Crippen molar-refractivity contribution in [2.45, 2.75) is 42.4 Å². The number of aliphatic carboxylic acids is 1. The molecule has 14 heteroatoms. The quantitative estimate of drug-likeness (QED) is 0.336. The number of rotatable bonds is 9. The Morgan fingerprint density at radius 1 is 1.15 bits per heavy atom. The monoisotopic (exact) mass is 600 g/mol. The summed E-state index contributed by atoms with van der Waals surface area (Å²) in [5, 5.41) is 10.8. The van der Waals surface area contributed by atoms with Gasteiger partial charge in [-0.05, 0) is 74.4 Å². The fourth-order valence-electron chi connectivity index (χ4n) is 3.89. The van der Waals surface area contributed by atoms with Crippen LogP contribution >= 0.6 is 11.3 Å². The molecule has 0 radical (unpaired) electrons.